The SMILES string of the molecule is CCC(NCCCN(C)C(=O)OC(C)(C)C)c1cccc(Br)c1. The summed E-state index contributed by atoms with van der Waals surface area (Å²) in [5, 5.41) is 3.56. The van der Waals surface area contributed by atoms with Gasteiger partial charge < -0.3 is 15.0 Å². The van der Waals surface area contributed by atoms with Crippen LogP contribution in [-0.2, 0) is 4.74 Å². The van der Waals surface area contributed by atoms with Gasteiger partial charge in [0.1, 0.15) is 5.60 Å². The zero-order chi connectivity index (χ0) is 17.5. The first-order valence-corrected chi connectivity index (χ1v) is 8.95. The van der Waals surface area contributed by atoms with Crippen LogP contribution in [0.5, 0.6) is 0 Å². The van der Waals surface area contributed by atoms with Crippen molar-refractivity contribution in [3.8, 4) is 0 Å². The summed E-state index contributed by atoms with van der Waals surface area (Å²) in [5.41, 5.74) is 0.833. The second-order valence-electron chi connectivity index (χ2n) is 6.73. The standard InChI is InChI=1S/C18H29BrN2O2/c1-6-16(14-9-7-10-15(19)13-14)20-11-8-12-21(5)17(22)23-18(2,3)4/h7,9-10,13,16,20H,6,8,11-12H2,1-5H3. The average molecular weight is 385 g/mol. The van der Waals surface area contributed by atoms with Crippen molar-refractivity contribution in [1.29, 1.82) is 0 Å². The molecule has 0 radical (unpaired) electrons. The van der Waals surface area contributed by atoms with Crippen molar-refractivity contribution in [2.24, 2.45) is 0 Å². The van der Waals surface area contributed by atoms with E-state index in [9.17, 15) is 4.79 Å². The van der Waals surface area contributed by atoms with Crippen molar-refractivity contribution in [3.63, 3.8) is 0 Å². The molecular formula is C18H29BrN2O2. The number of carbonyl (C=O) groups excluding carboxylic acids is 1. The molecule has 0 spiro atoms. The third-order valence-corrected chi connectivity index (χ3v) is 3.92. The number of carbonyl (C=O) groups is 1. The molecule has 0 aliphatic heterocycles. The molecular weight excluding hydrogens is 356 g/mol. The van der Waals surface area contributed by atoms with Crippen molar-refractivity contribution in [3.05, 3.63) is 34.3 Å². The Morgan fingerprint density at radius 2 is 2.09 bits per heavy atom. The van der Waals surface area contributed by atoms with Gasteiger partial charge in [0.25, 0.3) is 0 Å². The van der Waals surface area contributed by atoms with E-state index in [1.807, 2.05) is 26.8 Å². The van der Waals surface area contributed by atoms with Gasteiger partial charge in [-0.05, 0) is 57.9 Å². The van der Waals surface area contributed by atoms with E-state index < -0.39 is 5.60 Å². The van der Waals surface area contributed by atoms with Gasteiger partial charge in [0, 0.05) is 24.1 Å². The highest BCUT2D eigenvalue weighted by molar-refractivity contribution is 9.10. The van der Waals surface area contributed by atoms with Crippen molar-refractivity contribution in [2.45, 2.75) is 52.2 Å². The van der Waals surface area contributed by atoms with Gasteiger partial charge in [0.05, 0.1) is 0 Å². The van der Waals surface area contributed by atoms with E-state index in [2.05, 4.69) is 46.4 Å². The van der Waals surface area contributed by atoms with Gasteiger partial charge in [-0.2, -0.15) is 0 Å². The normalized spacial score (nSPS) is 12.8. The second kappa shape index (κ2) is 9.28. The number of nitrogens with zero attached hydrogens (tertiary/aromatic N) is 1. The summed E-state index contributed by atoms with van der Waals surface area (Å²) in [6, 6.07) is 8.71. The van der Waals surface area contributed by atoms with E-state index in [1.54, 1.807) is 11.9 Å². The largest absolute Gasteiger partial charge is 0.444 e. The molecule has 1 amide bonds. The van der Waals surface area contributed by atoms with Crippen LogP contribution in [0, 0.1) is 0 Å². The van der Waals surface area contributed by atoms with Gasteiger partial charge in [0.15, 0.2) is 0 Å². The highest BCUT2D eigenvalue weighted by Gasteiger charge is 2.19. The molecule has 23 heavy (non-hydrogen) atoms. The molecule has 0 aliphatic rings. The van der Waals surface area contributed by atoms with Crippen LogP contribution in [0.4, 0.5) is 4.79 Å². The van der Waals surface area contributed by atoms with Gasteiger partial charge in [0.2, 0.25) is 0 Å². The molecule has 1 N–H and O–H groups in total. The highest BCUT2D eigenvalue weighted by atomic mass is 79.9. The van der Waals surface area contributed by atoms with Crippen LogP contribution in [0.2, 0.25) is 0 Å². The van der Waals surface area contributed by atoms with Crippen LogP contribution in [0.25, 0.3) is 0 Å². The van der Waals surface area contributed by atoms with Crippen LogP contribution in [0.1, 0.15) is 52.1 Å². The molecule has 0 aromatic heterocycles. The Balaban J connectivity index is 2.36. The molecule has 1 atom stereocenters. The first-order chi connectivity index (χ1) is 10.7. The van der Waals surface area contributed by atoms with Crippen molar-refractivity contribution >= 4 is 22.0 Å². The average Bonchev–Trinajstić information content (AvgIpc) is 2.45. The summed E-state index contributed by atoms with van der Waals surface area (Å²) in [6.07, 6.45) is 1.65. The van der Waals surface area contributed by atoms with E-state index in [4.69, 9.17) is 4.74 Å². The Hall–Kier alpha value is -1.07. The number of nitrogens with one attached hydrogen (secondary N) is 1. The van der Waals surface area contributed by atoms with Gasteiger partial charge in [-0.1, -0.05) is 35.0 Å². The number of benzene rings is 1. The molecule has 0 fully saturated rings. The van der Waals surface area contributed by atoms with Gasteiger partial charge >= 0.3 is 6.09 Å². The molecule has 0 aliphatic carbocycles. The lowest BCUT2D eigenvalue weighted by atomic mass is 10.0. The molecule has 1 aromatic carbocycles. The predicted molar refractivity (Wildman–Crippen MR) is 98.7 cm³/mol. The Bertz CT molecular complexity index is 500. The third kappa shape index (κ3) is 7.84. The maximum Gasteiger partial charge on any atom is 0.410 e. The van der Waals surface area contributed by atoms with Crippen molar-refractivity contribution in [1.82, 2.24) is 10.2 Å². The molecule has 0 saturated carbocycles. The minimum atomic E-state index is -0.447. The maximum absolute atomic E-state index is 11.9. The Labute approximate surface area is 148 Å². The Morgan fingerprint density at radius 1 is 1.39 bits per heavy atom. The smallest absolute Gasteiger partial charge is 0.410 e. The van der Waals surface area contributed by atoms with Gasteiger partial charge in [-0.15, -0.1) is 0 Å². The van der Waals surface area contributed by atoms with Gasteiger partial charge in [-0.25, -0.2) is 4.79 Å². The van der Waals surface area contributed by atoms with Crippen LogP contribution in [0.3, 0.4) is 0 Å². The summed E-state index contributed by atoms with van der Waals surface area (Å²) in [6.45, 7) is 9.35. The molecule has 1 rings (SSSR count). The van der Waals surface area contributed by atoms with Crippen LogP contribution in [-0.4, -0.2) is 36.7 Å². The summed E-state index contributed by atoms with van der Waals surface area (Å²) >= 11 is 3.51. The number of hydrogen-bond acceptors (Lipinski definition) is 3. The molecule has 0 heterocycles. The second-order valence-corrected chi connectivity index (χ2v) is 7.64. The van der Waals surface area contributed by atoms with Crippen molar-refractivity contribution < 1.29 is 9.53 Å². The minimum Gasteiger partial charge on any atom is -0.444 e. The number of hydrogen-bond donors (Lipinski definition) is 1. The van der Waals surface area contributed by atoms with E-state index in [0.717, 1.165) is 23.9 Å². The summed E-state index contributed by atoms with van der Waals surface area (Å²) in [4.78, 5) is 13.5. The Morgan fingerprint density at radius 3 is 2.65 bits per heavy atom. The first-order valence-electron chi connectivity index (χ1n) is 8.16. The lowest BCUT2D eigenvalue weighted by Crippen LogP contribution is -2.35. The summed E-state index contributed by atoms with van der Waals surface area (Å²) in [7, 11) is 1.78. The lowest BCUT2D eigenvalue weighted by molar-refractivity contribution is 0.0297. The van der Waals surface area contributed by atoms with E-state index in [-0.39, 0.29) is 6.09 Å². The van der Waals surface area contributed by atoms with E-state index >= 15 is 0 Å². The van der Waals surface area contributed by atoms with Crippen LogP contribution >= 0.6 is 15.9 Å². The Kier molecular flexibility index (Phi) is 8.06. The van der Waals surface area contributed by atoms with Crippen LogP contribution in [0.15, 0.2) is 28.7 Å². The molecule has 130 valence electrons. The first kappa shape index (κ1) is 20.0. The fourth-order valence-corrected chi connectivity index (χ4v) is 2.66. The zero-order valence-electron chi connectivity index (χ0n) is 14.9. The monoisotopic (exact) mass is 384 g/mol. The molecule has 4 nitrogen and oxygen atoms in total. The van der Waals surface area contributed by atoms with Crippen molar-refractivity contribution in [2.75, 3.05) is 20.1 Å². The molecule has 1 aromatic rings. The molecule has 0 saturated heterocycles. The lowest BCUT2D eigenvalue weighted by Gasteiger charge is -2.25. The molecule has 1 unspecified atom stereocenters. The fraction of sp³-hybridized carbons (Fsp3) is 0.611. The fourth-order valence-electron chi connectivity index (χ4n) is 2.24. The van der Waals surface area contributed by atoms with Crippen LogP contribution < -0.4 is 5.32 Å². The third-order valence-electron chi connectivity index (χ3n) is 3.43. The van der Waals surface area contributed by atoms with E-state index in [1.165, 1.54) is 5.56 Å². The quantitative estimate of drug-likeness (QED) is 0.689. The number of amides is 1. The maximum atomic E-state index is 11.9. The predicted octanol–water partition coefficient (Wildman–Crippen LogP) is 4.75. The number of ether oxygens (including phenoxy) is 1. The molecule has 0 bridgehead atoms. The van der Waals surface area contributed by atoms with Gasteiger partial charge in [-0.3, -0.25) is 0 Å². The number of rotatable bonds is 7. The highest BCUT2D eigenvalue weighted by Crippen LogP contribution is 2.20. The van der Waals surface area contributed by atoms with E-state index in [0.29, 0.717) is 12.6 Å². The zero-order valence-corrected chi connectivity index (χ0v) is 16.4. The summed E-state index contributed by atoms with van der Waals surface area (Å²) in [5.74, 6) is 0. The summed E-state index contributed by atoms with van der Waals surface area (Å²) < 4.78 is 6.44. The molecule has 5 heteroatoms. The number of halogens is 1. The minimum absolute atomic E-state index is 0.267. The topological polar surface area (TPSA) is 41.6 Å².